The lowest BCUT2D eigenvalue weighted by atomic mass is 10.1. The SMILES string of the molecule is CC/C(=C\c1cc(OC)c(Cl)cc1OC)[N+](=O)[O-]. The zero-order valence-electron chi connectivity index (χ0n) is 10.4. The average molecular weight is 272 g/mol. The number of halogens is 1. The molecule has 18 heavy (non-hydrogen) atoms. The number of rotatable bonds is 5. The lowest BCUT2D eigenvalue weighted by Gasteiger charge is -2.09. The fraction of sp³-hybridized carbons (Fsp3) is 0.333. The molecule has 0 heterocycles. The van der Waals surface area contributed by atoms with Gasteiger partial charge in [0.25, 0.3) is 0 Å². The summed E-state index contributed by atoms with van der Waals surface area (Å²) in [4.78, 5) is 10.4. The number of ether oxygens (including phenoxy) is 2. The molecule has 0 aliphatic rings. The van der Waals surface area contributed by atoms with E-state index in [-0.39, 0.29) is 5.70 Å². The summed E-state index contributed by atoms with van der Waals surface area (Å²) in [5.74, 6) is 0.913. The Morgan fingerprint density at radius 1 is 1.39 bits per heavy atom. The molecule has 0 fully saturated rings. The van der Waals surface area contributed by atoms with Gasteiger partial charge in [0.05, 0.1) is 24.2 Å². The summed E-state index contributed by atoms with van der Waals surface area (Å²) in [6, 6.07) is 3.18. The van der Waals surface area contributed by atoms with Crippen molar-refractivity contribution in [2.75, 3.05) is 14.2 Å². The molecule has 1 aromatic carbocycles. The molecule has 0 atom stereocenters. The molecule has 0 radical (unpaired) electrons. The standard InChI is InChI=1S/C12H14ClNO4/c1-4-9(14(15)16)5-8-6-12(18-3)10(13)7-11(8)17-2/h5-7H,4H2,1-3H3/b9-5+. The van der Waals surface area contributed by atoms with Gasteiger partial charge in [-0.15, -0.1) is 0 Å². The van der Waals surface area contributed by atoms with Gasteiger partial charge in [0.15, 0.2) is 0 Å². The average Bonchev–Trinajstić information content (AvgIpc) is 2.36. The molecular weight excluding hydrogens is 258 g/mol. The van der Waals surface area contributed by atoms with E-state index in [4.69, 9.17) is 21.1 Å². The van der Waals surface area contributed by atoms with Crippen LogP contribution in [0, 0.1) is 10.1 Å². The zero-order chi connectivity index (χ0) is 13.7. The van der Waals surface area contributed by atoms with Crippen LogP contribution in [0.2, 0.25) is 5.02 Å². The molecule has 98 valence electrons. The predicted molar refractivity (Wildman–Crippen MR) is 69.8 cm³/mol. The van der Waals surface area contributed by atoms with E-state index >= 15 is 0 Å². The first kappa shape index (κ1) is 14.3. The van der Waals surface area contributed by atoms with Crippen LogP contribution < -0.4 is 9.47 Å². The first-order valence-corrected chi connectivity index (χ1v) is 5.67. The molecule has 0 aromatic heterocycles. The fourth-order valence-electron chi connectivity index (χ4n) is 1.46. The fourth-order valence-corrected chi connectivity index (χ4v) is 1.69. The van der Waals surface area contributed by atoms with Gasteiger partial charge in [0.2, 0.25) is 5.70 Å². The van der Waals surface area contributed by atoms with E-state index in [0.717, 1.165) is 0 Å². The summed E-state index contributed by atoms with van der Waals surface area (Å²) in [6.45, 7) is 1.72. The molecule has 6 heteroatoms. The third kappa shape index (κ3) is 3.13. The highest BCUT2D eigenvalue weighted by molar-refractivity contribution is 6.32. The lowest BCUT2D eigenvalue weighted by Crippen LogP contribution is -1.98. The summed E-state index contributed by atoms with van der Waals surface area (Å²) in [5.41, 5.74) is 0.657. The Morgan fingerprint density at radius 2 is 2.00 bits per heavy atom. The quantitative estimate of drug-likeness (QED) is 0.608. The van der Waals surface area contributed by atoms with Gasteiger partial charge in [0, 0.05) is 24.1 Å². The molecule has 0 saturated carbocycles. The lowest BCUT2D eigenvalue weighted by molar-refractivity contribution is -0.425. The molecule has 5 nitrogen and oxygen atoms in total. The van der Waals surface area contributed by atoms with Gasteiger partial charge in [-0.05, 0) is 6.07 Å². The van der Waals surface area contributed by atoms with Crippen LogP contribution in [0.15, 0.2) is 17.8 Å². The maximum absolute atomic E-state index is 10.8. The van der Waals surface area contributed by atoms with Crippen molar-refractivity contribution in [3.63, 3.8) is 0 Å². The number of methoxy groups -OCH3 is 2. The van der Waals surface area contributed by atoms with Gasteiger partial charge < -0.3 is 9.47 Å². The monoisotopic (exact) mass is 271 g/mol. The van der Waals surface area contributed by atoms with Crippen LogP contribution in [-0.4, -0.2) is 19.1 Å². The van der Waals surface area contributed by atoms with Crippen molar-refractivity contribution < 1.29 is 14.4 Å². The van der Waals surface area contributed by atoms with Crippen LogP contribution in [0.1, 0.15) is 18.9 Å². The minimum Gasteiger partial charge on any atom is -0.496 e. The van der Waals surface area contributed by atoms with Crippen molar-refractivity contribution >= 4 is 17.7 Å². The van der Waals surface area contributed by atoms with Crippen molar-refractivity contribution in [2.24, 2.45) is 0 Å². The maximum atomic E-state index is 10.8. The van der Waals surface area contributed by atoms with Gasteiger partial charge in [-0.2, -0.15) is 0 Å². The predicted octanol–water partition coefficient (Wildman–Crippen LogP) is 3.38. The van der Waals surface area contributed by atoms with Crippen LogP contribution in [0.5, 0.6) is 11.5 Å². The Bertz CT molecular complexity index is 485. The number of nitrogens with zero attached hydrogens (tertiary/aromatic N) is 1. The van der Waals surface area contributed by atoms with Crippen molar-refractivity contribution in [3.8, 4) is 11.5 Å². The van der Waals surface area contributed by atoms with Crippen molar-refractivity contribution in [1.29, 1.82) is 0 Å². The minimum absolute atomic E-state index is 0.0951. The number of hydrogen-bond donors (Lipinski definition) is 0. The Hall–Kier alpha value is -1.75. The molecule has 1 aromatic rings. The van der Waals surface area contributed by atoms with Gasteiger partial charge in [-0.1, -0.05) is 18.5 Å². The molecule has 0 aliphatic heterocycles. The van der Waals surface area contributed by atoms with Crippen LogP contribution in [-0.2, 0) is 0 Å². The van der Waals surface area contributed by atoms with Gasteiger partial charge in [-0.3, -0.25) is 10.1 Å². The minimum atomic E-state index is -0.416. The smallest absolute Gasteiger partial charge is 0.246 e. The zero-order valence-corrected chi connectivity index (χ0v) is 11.2. The third-order valence-electron chi connectivity index (χ3n) is 2.42. The van der Waals surface area contributed by atoms with Crippen molar-refractivity contribution in [1.82, 2.24) is 0 Å². The number of allylic oxidation sites excluding steroid dienone is 1. The van der Waals surface area contributed by atoms with Crippen LogP contribution in [0.4, 0.5) is 0 Å². The highest BCUT2D eigenvalue weighted by Gasteiger charge is 2.13. The van der Waals surface area contributed by atoms with Crippen molar-refractivity contribution in [3.05, 3.63) is 38.5 Å². The van der Waals surface area contributed by atoms with E-state index in [2.05, 4.69) is 0 Å². The second kappa shape index (κ2) is 6.26. The first-order valence-electron chi connectivity index (χ1n) is 5.30. The van der Waals surface area contributed by atoms with E-state index in [1.165, 1.54) is 20.3 Å². The second-order valence-electron chi connectivity index (χ2n) is 3.48. The molecule has 0 N–H and O–H groups in total. The first-order chi connectivity index (χ1) is 8.53. The number of nitro groups is 1. The molecule has 0 saturated heterocycles. The summed E-state index contributed by atoms with van der Waals surface area (Å²) >= 11 is 5.95. The Balaban J connectivity index is 3.33. The Morgan fingerprint density at radius 3 is 2.44 bits per heavy atom. The summed E-state index contributed by atoms with van der Waals surface area (Å²) in [5, 5.41) is 11.2. The van der Waals surface area contributed by atoms with Crippen molar-refractivity contribution in [2.45, 2.75) is 13.3 Å². The molecular formula is C12H14ClNO4. The van der Waals surface area contributed by atoms with Crippen LogP contribution in [0.3, 0.4) is 0 Å². The molecule has 0 unspecified atom stereocenters. The van der Waals surface area contributed by atoms with Gasteiger partial charge in [-0.25, -0.2) is 0 Å². The largest absolute Gasteiger partial charge is 0.496 e. The molecule has 0 spiro atoms. The normalized spacial score (nSPS) is 11.2. The van der Waals surface area contributed by atoms with E-state index < -0.39 is 4.92 Å². The maximum Gasteiger partial charge on any atom is 0.246 e. The topological polar surface area (TPSA) is 61.6 Å². The molecule has 0 bridgehead atoms. The second-order valence-corrected chi connectivity index (χ2v) is 3.88. The highest BCUT2D eigenvalue weighted by atomic mass is 35.5. The van der Waals surface area contributed by atoms with Gasteiger partial charge >= 0.3 is 0 Å². The van der Waals surface area contributed by atoms with E-state index in [0.29, 0.717) is 28.5 Å². The van der Waals surface area contributed by atoms with E-state index in [1.54, 1.807) is 19.1 Å². The summed E-state index contributed by atoms with van der Waals surface area (Å²) in [7, 11) is 2.96. The Kier molecular flexibility index (Phi) is 4.97. The van der Waals surface area contributed by atoms with Crippen LogP contribution >= 0.6 is 11.6 Å². The Labute approximate surface area is 110 Å². The van der Waals surface area contributed by atoms with E-state index in [1.807, 2.05) is 0 Å². The number of benzene rings is 1. The summed E-state index contributed by atoms with van der Waals surface area (Å²) in [6.07, 6.45) is 1.78. The molecule has 1 rings (SSSR count). The number of hydrogen-bond acceptors (Lipinski definition) is 4. The molecule has 0 amide bonds. The molecule has 0 aliphatic carbocycles. The van der Waals surface area contributed by atoms with Crippen LogP contribution in [0.25, 0.3) is 6.08 Å². The van der Waals surface area contributed by atoms with Gasteiger partial charge in [0.1, 0.15) is 11.5 Å². The summed E-state index contributed by atoms with van der Waals surface area (Å²) < 4.78 is 10.2. The third-order valence-corrected chi connectivity index (χ3v) is 2.72. The highest BCUT2D eigenvalue weighted by Crippen LogP contribution is 2.33. The van der Waals surface area contributed by atoms with E-state index in [9.17, 15) is 10.1 Å².